The van der Waals surface area contributed by atoms with E-state index >= 15 is 0 Å². The van der Waals surface area contributed by atoms with E-state index in [0.29, 0.717) is 17.2 Å². The number of hydrogen-bond acceptors (Lipinski definition) is 6. The lowest BCUT2D eigenvalue weighted by Crippen LogP contribution is -2.36. The maximum absolute atomic E-state index is 12.5. The number of rotatable bonds is 2. The van der Waals surface area contributed by atoms with Crippen LogP contribution in [0.4, 0.5) is 11.6 Å². The van der Waals surface area contributed by atoms with Gasteiger partial charge in [-0.3, -0.25) is 14.5 Å². The van der Waals surface area contributed by atoms with Crippen LogP contribution < -0.4 is 4.90 Å². The predicted octanol–water partition coefficient (Wildman–Crippen LogP) is 2.46. The topological polar surface area (TPSA) is 72.4 Å². The summed E-state index contributed by atoms with van der Waals surface area (Å²) in [6.45, 7) is 1.26. The first-order valence-corrected chi connectivity index (χ1v) is 6.94. The highest BCUT2D eigenvalue weighted by Gasteiger charge is 2.41. The van der Waals surface area contributed by atoms with Crippen molar-refractivity contribution >= 4 is 39.3 Å². The van der Waals surface area contributed by atoms with Crippen LogP contribution in [0.5, 0.6) is 0 Å². The minimum Gasteiger partial charge on any atom is -0.433 e. The van der Waals surface area contributed by atoms with Gasteiger partial charge in [-0.25, -0.2) is 9.97 Å². The fourth-order valence-corrected chi connectivity index (χ4v) is 2.55. The van der Waals surface area contributed by atoms with E-state index in [4.69, 9.17) is 4.74 Å². The summed E-state index contributed by atoms with van der Waals surface area (Å²) in [7, 11) is 0. The summed E-state index contributed by atoms with van der Waals surface area (Å²) in [5.41, 5.74) is 1.07. The Bertz CT molecular complexity index is 721. The molecule has 1 aliphatic rings. The van der Waals surface area contributed by atoms with E-state index in [-0.39, 0.29) is 5.78 Å². The molecule has 0 radical (unpaired) electrons. The molecule has 0 amide bonds. The number of carbonyl (C=O) groups is 2. The van der Waals surface area contributed by atoms with Gasteiger partial charge in [-0.05, 0) is 24.3 Å². The van der Waals surface area contributed by atoms with Gasteiger partial charge in [0.1, 0.15) is 0 Å². The highest BCUT2D eigenvalue weighted by atomic mass is 79.9. The molecule has 0 N–H and O–H groups in total. The Morgan fingerprint density at radius 2 is 2.05 bits per heavy atom. The summed E-state index contributed by atoms with van der Waals surface area (Å²) in [6, 6.07) is 6.93. The predicted molar refractivity (Wildman–Crippen MR) is 78.2 cm³/mol. The highest BCUT2D eigenvalue weighted by molar-refractivity contribution is 9.10. The zero-order valence-corrected chi connectivity index (χ0v) is 12.6. The molecule has 1 atom stereocenters. The number of anilines is 2. The van der Waals surface area contributed by atoms with Crippen molar-refractivity contribution in [2.24, 2.45) is 0 Å². The van der Waals surface area contributed by atoms with Gasteiger partial charge < -0.3 is 4.74 Å². The van der Waals surface area contributed by atoms with Crippen LogP contribution in [-0.4, -0.2) is 27.9 Å². The van der Waals surface area contributed by atoms with Crippen LogP contribution >= 0.6 is 15.9 Å². The van der Waals surface area contributed by atoms with Crippen LogP contribution in [0.1, 0.15) is 17.3 Å². The molecule has 0 fully saturated rings. The van der Waals surface area contributed by atoms with E-state index in [0.717, 1.165) is 4.47 Å². The molecule has 0 saturated carbocycles. The first-order valence-electron chi connectivity index (χ1n) is 6.15. The number of esters is 1. The number of benzene rings is 1. The number of carbonyl (C=O) groups excluding carboxylic acids is 2. The van der Waals surface area contributed by atoms with Gasteiger partial charge in [0.2, 0.25) is 18.0 Å². The molecule has 21 heavy (non-hydrogen) atoms. The second-order valence-electron chi connectivity index (χ2n) is 4.41. The average Bonchev–Trinajstić information content (AvgIpc) is 2.72. The number of Topliss-reactive ketones (excluding diaryl/α,β-unsaturated/α-hetero) is 1. The third-order valence-electron chi connectivity index (χ3n) is 2.99. The van der Waals surface area contributed by atoms with Gasteiger partial charge >= 0.3 is 5.97 Å². The Balaban J connectivity index is 2.14. The molecule has 7 heteroatoms. The molecular formula is C14H10BrN3O3. The van der Waals surface area contributed by atoms with Crippen molar-refractivity contribution in [3.05, 3.63) is 46.7 Å². The third-order valence-corrected chi connectivity index (χ3v) is 3.48. The van der Waals surface area contributed by atoms with Crippen molar-refractivity contribution < 1.29 is 14.3 Å². The van der Waals surface area contributed by atoms with E-state index in [1.54, 1.807) is 36.7 Å². The van der Waals surface area contributed by atoms with Gasteiger partial charge in [0.15, 0.2) is 0 Å². The Hall–Kier alpha value is -2.28. The number of nitrogens with zero attached hydrogens (tertiary/aromatic N) is 3. The minimum absolute atomic E-state index is 0.297. The fourth-order valence-electron chi connectivity index (χ4n) is 2.18. The van der Waals surface area contributed by atoms with Gasteiger partial charge in [0.05, 0.1) is 5.69 Å². The lowest BCUT2D eigenvalue weighted by molar-refractivity contribution is -0.143. The smallest absolute Gasteiger partial charge is 0.304 e. The Morgan fingerprint density at radius 3 is 2.71 bits per heavy atom. The van der Waals surface area contributed by atoms with Gasteiger partial charge in [-0.2, -0.15) is 0 Å². The second kappa shape index (κ2) is 5.25. The van der Waals surface area contributed by atoms with Crippen LogP contribution in [0.3, 0.4) is 0 Å². The molecule has 6 nitrogen and oxygen atoms in total. The van der Waals surface area contributed by atoms with E-state index < -0.39 is 12.2 Å². The van der Waals surface area contributed by atoms with Crippen molar-refractivity contribution in [1.82, 2.24) is 9.97 Å². The Kier molecular flexibility index (Phi) is 3.42. The van der Waals surface area contributed by atoms with Crippen molar-refractivity contribution in [2.75, 3.05) is 4.90 Å². The van der Waals surface area contributed by atoms with Crippen LogP contribution in [-0.2, 0) is 9.53 Å². The molecule has 1 aromatic carbocycles. The zero-order chi connectivity index (χ0) is 15.0. The molecule has 1 unspecified atom stereocenters. The second-order valence-corrected chi connectivity index (χ2v) is 5.32. The van der Waals surface area contributed by atoms with Crippen molar-refractivity contribution in [2.45, 2.75) is 13.2 Å². The molecule has 0 spiro atoms. The van der Waals surface area contributed by atoms with E-state index in [1.807, 2.05) is 0 Å². The summed E-state index contributed by atoms with van der Waals surface area (Å²) in [4.78, 5) is 33.5. The standard InChI is InChI=1S/C14H10BrN3O3/c1-8(19)21-13-12(20)10-7-9(15)3-4-11(10)18(13)14-16-5-2-6-17-14/h2-7,13H,1H3. The van der Waals surface area contributed by atoms with E-state index in [9.17, 15) is 9.59 Å². The van der Waals surface area contributed by atoms with Gasteiger partial charge in [0.25, 0.3) is 0 Å². The molecule has 0 aliphatic carbocycles. The summed E-state index contributed by atoms with van der Waals surface area (Å²) >= 11 is 3.33. The van der Waals surface area contributed by atoms with Crippen LogP contribution in [0, 0.1) is 0 Å². The average molecular weight is 348 g/mol. The lowest BCUT2D eigenvalue weighted by Gasteiger charge is -2.23. The fraction of sp³-hybridized carbons (Fsp3) is 0.143. The quantitative estimate of drug-likeness (QED) is 0.777. The van der Waals surface area contributed by atoms with Gasteiger partial charge in [-0.1, -0.05) is 15.9 Å². The Morgan fingerprint density at radius 1 is 1.33 bits per heavy atom. The minimum atomic E-state index is -1.07. The highest BCUT2D eigenvalue weighted by Crippen LogP contribution is 2.38. The van der Waals surface area contributed by atoms with E-state index in [1.165, 1.54) is 11.8 Å². The molecule has 0 bridgehead atoms. The zero-order valence-electron chi connectivity index (χ0n) is 11.0. The summed E-state index contributed by atoms with van der Waals surface area (Å²) in [6.07, 6.45) is 2.05. The molecule has 0 saturated heterocycles. The molecule has 106 valence electrons. The summed E-state index contributed by atoms with van der Waals surface area (Å²) < 4.78 is 5.93. The largest absolute Gasteiger partial charge is 0.433 e. The van der Waals surface area contributed by atoms with Crippen molar-refractivity contribution in [3.8, 4) is 0 Å². The summed E-state index contributed by atoms with van der Waals surface area (Å²) in [5.74, 6) is -0.534. The molecule has 2 aromatic rings. The number of ether oxygens (including phenoxy) is 1. The molecular weight excluding hydrogens is 338 g/mol. The maximum atomic E-state index is 12.5. The molecule has 1 aliphatic heterocycles. The summed E-state index contributed by atoms with van der Waals surface area (Å²) in [5, 5.41) is 0. The van der Waals surface area contributed by atoms with Crippen LogP contribution in [0.15, 0.2) is 41.1 Å². The third kappa shape index (κ3) is 2.40. The number of fused-ring (bicyclic) bond motifs is 1. The number of halogens is 1. The molecule has 2 heterocycles. The number of hydrogen-bond donors (Lipinski definition) is 0. The monoisotopic (exact) mass is 347 g/mol. The lowest BCUT2D eigenvalue weighted by atomic mass is 10.1. The first kappa shape index (κ1) is 13.7. The number of ketones is 1. The van der Waals surface area contributed by atoms with Gasteiger partial charge in [0, 0.05) is 29.4 Å². The molecule has 3 rings (SSSR count). The molecule has 1 aromatic heterocycles. The number of aromatic nitrogens is 2. The van der Waals surface area contributed by atoms with Crippen molar-refractivity contribution in [3.63, 3.8) is 0 Å². The van der Waals surface area contributed by atoms with Crippen LogP contribution in [0.2, 0.25) is 0 Å². The first-order chi connectivity index (χ1) is 10.1. The van der Waals surface area contributed by atoms with Gasteiger partial charge in [-0.15, -0.1) is 0 Å². The maximum Gasteiger partial charge on any atom is 0.304 e. The van der Waals surface area contributed by atoms with Crippen molar-refractivity contribution in [1.29, 1.82) is 0 Å². The SMILES string of the molecule is CC(=O)OC1C(=O)c2cc(Br)ccc2N1c1ncccn1. The Labute approximate surface area is 128 Å². The van der Waals surface area contributed by atoms with Crippen LogP contribution in [0.25, 0.3) is 0 Å². The van der Waals surface area contributed by atoms with E-state index in [2.05, 4.69) is 25.9 Å². The normalized spacial score (nSPS) is 16.8.